The van der Waals surface area contributed by atoms with Crippen LogP contribution in [0.1, 0.15) is 20.3 Å². The van der Waals surface area contributed by atoms with Crippen molar-refractivity contribution >= 4 is 11.8 Å². The molecule has 1 unspecified atom stereocenters. The maximum absolute atomic E-state index is 11.5. The molecule has 1 heterocycles. The molecule has 1 atom stereocenters. The number of rotatable bonds is 6. The van der Waals surface area contributed by atoms with Gasteiger partial charge < -0.3 is 10.1 Å². The van der Waals surface area contributed by atoms with Crippen LogP contribution in [0.4, 0.5) is 0 Å². The summed E-state index contributed by atoms with van der Waals surface area (Å²) >= 11 is 0. The Bertz CT molecular complexity index is 321. The van der Waals surface area contributed by atoms with Crippen molar-refractivity contribution < 1.29 is 14.3 Å². The highest BCUT2D eigenvalue weighted by Crippen LogP contribution is 2.02. The van der Waals surface area contributed by atoms with Crippen LogP contribution in [0.15, 0.2) is 22.4 Å². The van der Waals surface area contributed by atoms with Crippen LogP contribution in [-0.2, 0) is 14.3 Å². The second kappa shape index (κ2) is 6.90. The molecule has 0 aliphatic carbocycles. The molecule has 1 N–H and O–H groups in total. The van der Waals surface area contributed by atoms with E-state index in [2.05, 4.69) is 15.5 Å². The number of nitrogens with one attached hydrogen (secondary N) is 1. The zero-order chi connectivity index (χ0) is 12.7. The van der Waals surface area contributed by atoms with Crippen LogP contribution in [0.3, 0.4) is 0 Å². The minimum Gasteiger partial charge on any atom is -0.379 e. The van der Waals surface area contributed by atoms with Crippen molar-refractivity contribution in [1.82, 2.24) is 5.32 Å². The van der Waals surface area contributed by atoms with Gasteiger partial charge >= 0.3 is 0 Å². The van der Waals surface area contributed by atoms with Gasteiger partial charge in [-0.05, 0) is 26.3 Å². The lowest BCUT2D eigenvalue weighted by Gasteiger charge is -2.10. The average molecular weight is 239 g/mol. The fourth-order valence-electron chi connectivity index (χ4n) is 1.21. The Morgan fingerprint density at radius 2 is 2.35 bits per heavy atom. The molecule has 0 radical (unpaired) electrons. The Labute approximate surface area is 100 Å². The maximum atomic E-state index is 11.5. The Hall–Kier alpha value is -1.56. The first-order valence-corrected chi connectivity index (χ1v) is 5.62. The van der Waals surface area contributed by atoms with E-state index < -0.39 is 11.9 Å². The van der Waals surface area contributed by atoms with Gasteiger partial charge in [0.05, 0.1) is 6.10 Å². The van der Waals surface area contributed by atoms with Crippen LogP contribution >= 0.6 is 0 Å². The highest BCUT2D eigenvalue weighted by atomic mass is 16.5. The number of hydrogen-bond donors (Lipinski definition) is 1. The van der Waals surface area contributed by atoms with E-state index >= 15 is 0 Å². The predicted molar refractivity (Wildman–Crippen MR) is 61.5 cm³/mol. The van der Waals surface area contributed by atoms with Gasteiger partial charge in [0.2, 0.25) is 0 Å². The first-order valence-electron chi connectivity index (χ1n) is 5.62. The summed E-state index contributed by atoms with van der Waals surface area (Å²) in [5, 5.41) is 9.60. The van der Waals surface area contributed by atoms with Gasteiger partial charge in [-0.3, -0.25) is 9.59 Å². The molecule has 94 valence electrons. The number of amides is 2. The van der Waals surface area contributed by atoms with Gasteiger partial charge in [0.15, 0.2) is 6.04 Å². The molecule has 0 bridgehead atoms. The maximum Gasteiger partial charge on any atom is 0.287 e. The quantitative estimate of drug-likeness (QED) is 0.697. The van der Waals surface area contributed by atoms with E-state index in [1.807, 2.05) is 13.8 Å². The van der Waals surface area contributed by atoms with Crippen molar-refractivity contribution in [3.05, 3.63) is 12.2 Å². The van der Waals surface area contributed by atoms with E-state index in [0.717, 1.165) is 6.42 Å². The van der Waals surface area contributed by atoms with E-state index in [-0.39, 0.29) is 12.0 Å². The van der Waals surface area contributed by atoms with Gasteiger partial charge in [-0.25, -0.2) is 0 Å². The van der Waals surface area contributed by atoms with Crippen LogP contribution < -0.4 is 5.32 Å². The highest BCUT2D eigenvalue weighted by molar-refractivity contribution is 5.92. The second-order valence-electron chi connectivity index (χ2n) is 3.92. The molecule has 0 fully saturated rings. The normalized spacial score (nSPS) is 18.8. The molecular formula is C11H17N3O3. The summed E-state index contributed by atoms with van der Waals surface area (Å²) in [7, 11) is 0. The molecule has 1 rings (SSSR count). The summed E-state index contributed by atoms with van der Waals surface area (Å²) in [6.07, 6.45) is 3.64. The average Bonchev–Trinajstić information content (AvgIpc) is 2.29. The van der Waals surface area contributed by atoms with Gasteiger partial charge in [0.1, 0.15) is 0 Å². The molecule has 0 aromatic carbocycles. The van der Waals surface area contributed by atoms with Gasteiger partial charge in [0.25, 0.3) is 11.8 Å². The first kappa shape index (κ1) is 13.5. The standard InChI is InChI=1S/C11H17N3O3/c1-8(2)17-7-3-6-12-11(16)9-4-5-10(15)14-13-9/h4-5,8-9H,3,6-7H2,1-2H3,(H,12,16). The Balaban J connectivity index is 2.15. The third-order valence-electron chi connectivity index (χ3n) is 2.04. The zero-order valence-corrected chi connectivity index (χ0v) is 10.0. The third-order valence-corrected chi connectivity index (χ3v) is 2.04. The molecule has 0 spiro atoms. The van der Waals surface area contributed by atoms with E-state index in [1.165, 1.54) is 12.2 Å². The number of carbonyl (C=O) groups excluding carboxylic acids is 2. The van der Waals surface area contributed by atoms with Crippen molar-refractivity contribution in [3.8, 4) is 0 Å². The molecule has 1 aliphatic heterocycles. The van der Waals surface area contributed by atoms with E-state index in [4.69, 9.17) is 4.74 Å². The van der Waals surface area contributed by atoms with Crippen molar-refractivity contribution in [3.63, 3.8) is 0 Å². The number of nitrogens with zero attached hydrogens (tertiary/aromatic N) is 2. The van der Waals surface area contributed by atoms with Gasteiger partial charge in [-0.1, -0.05) is 0 Å². The summed E-state index contributed by atoms with van der Waals surface area (Å²) in [6.45, 7) is 5.06. The molecule has 0 saturated carbocycles. The van der Waals surface area contributed by atoms with Crippen LogP contribution in [0, 0.1) is 0 Å². The monoisotopic (exact) mass is 239 g/mol. The number of ether oxygens (including phenoxy) is 1. The molecule has 1 aliphatic rings. The van der Waals surface area contributed by atoms with E-state index in [9.17, 15) is 9.59 Å². The van der Waals surface area contributed by atoms with Gasteiger partial charge in [-0.2, -0.15) is 5.11 Å². The third kappa shape index (κ3) is 5.35. The molecule has 0 aromatic heterocycles. The minimum absolute atomic E-state index is 0.201. The van der Waals surface area contributed by atoms with Crippen molar-refractivity contribution in [1.29, 1.82) is 0 Å². The first-order chi connectivity index (χ1) is 8.09. The molecule has 6 nitrogen and oxygen atoms in total. The summed E-state index contributed by atoms with van der Waals surface area (Å²) < 4.78 is 5.33. The fourth-order valence-corrected chi connectivity index (χ4v) is 1.21. The van der Waals surface area contributed by atoms with Crippen LogP contribution in [-0.4, -0.2) is 37.1 Å². The molecule has 0 aromatic rings. The van der Waals surface area contributed by atoms with Crippen LogP contribution in [0.2, 0.25) is 0 Å². The molecule has 0 saturated heterocycles. The summed E-state index contributed by atoms with van der Waals surface area (Å²) in [4.78, 5) is 22.2. The lowest BCUT2D eigenvalue weighted by molar-refractivity contribution is -0.121. The topological polar surface area (TPSA) is 80.1 Å². The summed E-state index contributed by atoms with van der Waals surface area (Å²) in [6, 6.07) is -0.682. The van der Waals surface area contributed by atoms with Crippen molar-refractivity contribution in [2.45, 2.75) is 32.4 Å². The Kier molecular flexibility index (Phi) is 5.48. The highest BCUT2D eigenvalue weighted by Gasteiger charge is 2.17. The SMILES string of the molecule is CC(C)OCCCNC(=O)C1C=CC(=O)N=N1. The molecular weight excluding hydrogens is 222 g/mol. The number of carbonyl (C=O) groups is 2. The minimum atomic E-state index is -0.682. The van der Waals surface area contributed by atoms with Gasteiger partial charge in [0, 0.05) is 19.2 Å². The fraction of sp³-hybridized carbons (Fsp3) is 0.636. The van der Waals surface area contributed by atoms with E-state index in [1.54, 1.807) is 0 Å². The number of hydrogen-bond acceptors (Lipinski definition) is 4. The second-order valence-corrected chi connectivity index (χ2v) is 3.92. The smallest absolute Gasteiger partial charge is 0.287 e. The summed E-state index contributed by atoms with van der Waals surface area (Å²) in [5.41, 5.74) is 0. The Morgan fingerprint density at radius 3 is 2.94 bits per heavy atom. The van der Waals surface area contributed by atoms with Crippen LogP contribution in [0.5, 0.6) is 0 Å². The Morgan fingerprint density at radius 1 is 1.59 bits per heavy atom. The number of azo groups is 1. The predicted octanol–water partition coefficient (Wildman–Crippen LogP) is 0.835. The largest absolute Gasteiger partial charge is 0.379 e. The molecule has 6 heteroatoms. The van der Waals surface area contributed by atoms with Crippen molar-refractivity contribution in [2.75, 3.05) is 13.2 Å². The molecule has 17 heavy (non-hydrogen) atoms. The molecule has 2 amide bonds. The lowest BCUT2D eigenvalue weighted by atomic mass is 10.2. The van der Waals surface area contributed by atoms with Crippen LogP contribution in [0.25, 0.3) is 0 Å². The summed E-state index contributed by atoms with van der Waals surface area (Å²) in [5.74, 6) is -0.679. The van der Waals surface area contributed by atoms with E-state index in [0.29, 0.717) is 13.2 Å². The zero-order valence-electron chi connectivity index (χ0n) is 10.0. The lowest BCUT2D eigenvalue weighted by Crippen LogP contribution is -2.34. The van der Waals surface area contributed by atoms with Crippen molar-refractivity contribution in [2.24, 2.45) is 10.2 Å². The van der Waals surface area contributed by atoms with Gasteiger partial charge in [-0.15, -0.1) is 5.11 Å².